The predicted octanol–water partition coefficient (Wildman–Crippen LogP) is 5.10. The molecule has 0 spiro atoms. The number of benzene rings is 1. The molecule has 4 aromatic rings. The van der Waals surface area contributed by atoms with Gasteiger partial charge in [0.2, 0.25) is 5.95 Å². The van der Waals surface area contributed by atoms with Crippen LogP contribution in [-0.4, -0.2) is 25.3 Å². The van der Waals surface area contributed by atoms with Crippen molar-refractivity contribution in [3.05, 3.63) is 64.6 Å². The topological polar surface area (TPSA) is 105 Å². The van der Waals surface area contributed by atoms with Gasteiger partial charge in [0, 0.05) is 23.9 Å². The van der Waals surface area contributed by atoms with Gasteiger partial charge in [-0.25, -0.2) is 4.98 Å². The number of rotatable bonds is 7. The summed E-state index contributed by atoms with van der Waals surface area (Å²) < 4.78 is 6.15. The molecule has 29 heavy (non-hydrogen) atoms. The van der Waals surface area contributed by atoms with E-state index in [9.17, 15) is 0 Å². The van der Waals surface area contributed by atoms with E-state index in [-0.39, 0.29) is 0 Å². The minimum atomic E-state index is 0.343. The molecule has 9 heteroatoms. The van der Waals surface area contributed by atoms with Crippen molar-refractivity contribution in [2.24, 2.45) is 0 Å². The number of anilines is 3. The summed E-state index contributed by atoms with van der Waals surface area (Å²) in [5.74, 6) is 2.90. The smallest absolute Gasteiger partial charge is 0.225 e. The van der Waals surface area contributed by atoms with Gasteiger partial charge in [-0.1, -0.05) is 49.3 Å². The first-order chi connectivity index (χ1) is 14.1. The molecule has 0 fully saturated rings. The lowest BCUT2D eigenvalue weighted by atomic mass is 10.1. The maximum Gasteiger partial charge on any atom is 0.225 e. The standard InChI is InChI=1S/C20H20BrN7O/c1-12(2)16-9-18(27-26-16)24-19-15(21)11-23-20(25-19)22-10-14-8-17(28-29-14)13-6-4-3-5-7-13/h3-9,11-12H,10H2,1-2H3,(H3,22,23,24,25,26,27). The molecular weight excluding hydrogens is 434 g/mol. The maximum absolute atomic E-state index is 5.41. The molecule has 4 rings (SSSR count). The lowest BCUT2D eigenvalue weighted by molar-refractivity contribution is 0.390. The normalized spacial score (nSPS) is 11.0. The molecule has 0 saturated heterocycles. The second-order valence-electron chi connectivity index (χ2n) is 6.77. The summed E-state index contributed by atoms with van der Waals surface area (Å²) in [6, 6.07) is 13.8. The third kappa shape index (κ3) is 4.62. The third-order valence-corrected chi connectivity index (χ3v) is 4.82. The average molecular weight is 454 g/mol. The molecule has 0 aliphatic carbocycles. The van der Waals surface area contributed by atoms with E-state index in [1.54, 1.807) is 6.20 Å². The zero-order valence-electron chi connectivity index (χ0n) is 16.0. The summed E-state index contributed by atoms with van der Waals surface area (Å²) >= 11 is 3.47. The van der Waals surface area contributed by atoms with E-state index in [1.807, 2.05) is 42.5 Å². The number of hydrogen-bond acceptors (Lipinski definition) is 7. The van der Waals surface area contributed by atoms with E-state index in [1.165, 1.54) is 0 Å². The largest absolute Gasteiger partial charge is 0.359 e. The SMILES string of the molecule is CC(C)c1cc(Nc2nc(NCc3cc(-c4ccccc4)no3)ncc2Br)[nH]n1. The molecule has 0 unspecified atom stereocenters. The molecule has 3 heterocycles. The molecule has 3 N–H and O–H groups in total. The molecular formula is C20H20BrN7O. The van der Waals surface area contributed by atoms with Gasteiger partial charge in [-0.15, -0.1) is 0 Å². The van der Waals surface area contributed by atoms with Gasteiger partial charge >= 0.3 is 0 Å². The number of nitrogens with zero attached hydrogens (tertiary/aromatic N) is 4. The van der Waals surface area contributed by atoms with Crippen molar-refractivity contribution >= 4 is 33.5 Å². The number of nitrogens with one attached hydrogen (secondary N) is 3. The maximum atomic E-state index is 5.41. The first kappa shape index (κ1) is 19.1. The van der Waals surface area contributed by atoms with E-state index in [0.717, 1.165) is 27.2 Å². The Balaban J connectivity index is 1.43. The molecule has 3 aromatic heterocycles. The Morgan fingerprint density at radius 3 is 2.76 bits per heavy atom. The Hall–Kier alpha value is -3.20. The minimum Gasteiger partial charge on any atom is -0.359 e. The van der Waals surface area contributed by atoms with E-state index < -0.39 is 0 Å². The van der Waals surface area contributed by atoms with Crippen molar-refractivity contribution in [3.8, 4) is 11.3 Å². The van der Waals surface area contributed by atoms with Crippen LogP contribution in [0.3, 0.4) is 0 Å². The fourth-order valence-corrected chi connectivity index (χ4v) is 2.96. The van der Waals surface area contributed by atoms with Crippen LogP contribution in [0.1, 0.15) is 31.2 Å². The van der Waals surface area contributed by atoms with E-state index in [0.29, 0.717) is 30.0 Å². The second kappa shape index (κ2) is 8.44. The summed E-state index contributed by atoms with van der Waals surface area (Å²) in [6.07, 6.45) is 1.69. The Morgan fingerprint density at radius 1 is 1.17 bits per heavy atom. The highest BCUT2D eigenvalue weighted by Crippen LogP contribution is 2.25. The third-order valence-electron chi connectivity index (χ3n) is 4.24. The summed E-state index contributed by atoms with van der Waals surface area (Å²) in [5.41, 5.74) is 2.78. The predicted molar refractivity (Wildman–Crippen MR) is 115 cm³/mol. The fraction of sp³-hybridized carbons (Fsp3) is 0.200. The monoisotopic (exact) mass is 453 g/mol. The molecule has 0 aliphatic heterocycles. The summed E-state index contributed by atoms with van der Waals surface area (Å²) in [6.45, 7) is 4.60. The van der Waals surface area contributed by atoms with Crippen molar-refractivity contribution in [1.82, 2.24) is 25.3 Å². The Labute approximate surface area is 176 Å². The van der Waals surface area contributed by atoms with Crippen LogP contribution in [0.5, 0.6) is 0 Å². The lowest BCUT2D eigenvalue weighted by Gasteiger charge is -2.08. The highest BCUT2D eigenvalue weighted by molar-refractivity contribution is 9.10. The highest BCUT2D eigenvalue weighted by Gasteiger charge is 2.11. The van der Waals surface area contributed by atoms with E-state index in [4.69, 9.17) is 4.52 Å². The van der Waals surface area contributed by atoms with Gasteiger partial charge in [0.05, 0.1) is 16.7 Å². The molecule has 0 aliphatic rings. The Kier molecular flexibility index (Phi) is 5.57. The van der Waals surface area contributed by atoms with Crippen LogP contribution in [-0.2, 0) is 6.54 Å². The van der Waals surface area contributed by atoms with Crippen molar-refractivity contribution in [3.63, 3.8) is 0 Å². The highest BCUT2D eigenvalue weighted by atomic mass is 79.9. The Bertz CT molecular complexity index is 1090. The van der Waals surface area contributed by atoms with Crippen LogP contribution in [0.15, 0.2) is 57.7 Å². The molecule has 0 radical (unpaired) electrons. The van der Waals surface area contributed by atoms with Crippen LogP contribution < -0.4 is 10.6 Å². The summed E-state index contributed by atoms with van der Waals surface area (Å²) in [4.78, 5) is 8.81. The molecule has 148 valence electrons. The molecule has 0 amide bonds. The van der Waals surface area contributed by atoms with E-state index >= 15 is 0 Å². The van der Waals surface area contributed by atoms with Crippen molar-refractivity contribution in [2.45, 2.75) is 26.3 Å². The van der Waals surface area contributed by atoms with Crippen LogP contribution in [0.2, 0.25) is 0 Å². The van der Waals surface area contributed by atoms with Gasteiger partial charge in [0.15, 0.2) is 11.6 Å². The van der Waals surface area contributed by atoms with Crippen LogP contribution in [0.25, 0.3) is 11.3 Å². The second-order valence-corrected chi connectivity index (χ2v) is 7.63. The first-order valence-electron chi connectivity index (χ1n) is 9.18. The van der Waals surface area contributed by atoms with Crippen molar-refractivity contribution in [1.29, 1.82) is 0 Å². The van der Waals surface area contributed by atoms with Gasteiger partial charge in [0.1, 0.15) is 11.5 Å². The average Bonchev–Trinajstić information content (AvgIpc) is 3.39. The van der Waals surface area contributed by atoms with Gasteiger partial charge < -0.3 is 15.2 Å². The first-order valence-corrected chi connectivity index (χ1v) is 9.97. The fourth-order valence-electron chi connectivity index (χ4n) is 2.67. The summed E-state index contributed by atoms with van der Waals surface area (Å²) in [7, 11) is 0. The zero-order valence-corrected chi connectivity index (χ0v) is 17.6. The molecule has 8 nitrogen and oxygen atoms in total. The number of hydrogen-bond donors (Lipinski definition) is 3. The molecule has 0 atom stereocenters. The van der Waals surface area contributed by atoms with Gasteiger partial charge in [-0.05, 0) is 21.8 Å². The van der Waals surface area contributed by atoms with Gasteiger partial charge in [0.25, 0.3) is 0 Å². The molecule has 0 saturated carbocycles. The number of aromatic nitrogens is 5. The van der Waals surface area contributed by atoms with Crippen LogP contribution in [0.4, 0.5) is 17.6 Å². The quantitative estimate of drug-likeness (QED) is 0.357. The number of aromatic amines is 1. The Morgan fingerprint density at radius 2 is 2.00 bits per heavy atom. The van der Waals surface area contributed by atoms with Gasteiger partial charge in [-0.3, -0.25) is 5.10 Å². The van der Waals surface area contributed by atoms with Crippen molar-refractivity contribution in [2.75, 3.05) is 10.6 Å². The summed E-state index contributed by atoms with van der Waals surface area (Å²) in [5, 5.41) is 17.8. The number of H-pyrrole nitrogens is 1. The van der Waals surface area contributed by atoms with Crippen LogP contribution >= 0.6 is 15.9 Å². The van der Waals surface area contributed by atoms with E-state index in [2.05, 4.69) is 65.7 Å². The van der Waals surface area contributed by atoms with Crippen molar-refractivity contribution < 1.29 is 4.52 Å². The zero-order chi connectivity index (χ0) is 20.2. The molecule has 0 bridgehead atoms. The number of halogens is 1. The molecule has 1 aromatic carbocycles. The lowest BCUT2D eigenvalue weighted by Crippen LogP contribution is -2.05. The van der Waals surface area contributed by atoms with Gasteiger partial charge in [-0.2, -0.15) is 10.1 Å². The minimum absolute atomic E-state index is 0.343. The van der Waals surface area contributed by atoms with Crippen LogP contribution in [0, 0.1) is 0 Å².